The number of sulfonamides is 1. The predicted molar refractivity (Wildman–Crippen MR) is 197 cm³/mol. The molecule has 11 heteroatoms. The van der Waals surface area contributed by atoms with Gasteiger partial charge in [0.25, 0.3) is 10.0 Å². The molecule has 0 aliphatic carbocycles. The first-order chi connectivity index (χ1) is 22.0. The second-order valence-electron chi connectivity index (χ2n) is 15.7. The second-order valence-corrected chi connectivity index (χ2v) is 23.4. The Bertz CT molecular complexity index is 1740. The molecule has 1 unspecified atom stereocenters. The van der Waals surface area contributed by atoms with Crippen LogP contribution in [-0.4, -0.2) is 39.3 Å². The average Bonchev–Trinajstić information content (AvgIpc) is 3.44. The van der Waals surface area contributed by atoms with E-state index in [0.29, 0.717) is 6.61 Å². The Morgan fingerprint density at radius 2 is 1.60 bits per heavy atom. The number of nitrogens with one attached hydrogen (secondary N) is 1. The minimum atomic E-state index is -4.34. The molecule has 8 nitrogen and oxygen atoms in total. The molecule has 2 N–H and O–H groups in total. The number of benzene rings is 2. The van der Waals surface area contributed by atoms with E-state index in [9.17, 15) is 18.3 Å². The summed E-state index contributed by atoms with van der Waals surface area (Å²) in [6, 6.07) is 10.8. The van der Waals surface area contributed by atoms with Gasteiger partial charge in [-0.05, 0) is 102 Å². The highest BCUT2D eigenvalue weighted by molar-refractivity contribution is 7.92. The van der Waals surface area contributed by atoms with Crippen molar-refractivity contribution < 1.29 is 27.5 Å². The van der Waals surface area contributed by atoms with Gasteiger partial charge in [0, 0.05) is 0 Å². The van der Waals surface area contributed by atoms with Crippen LogP contribution < -0.4 is 4.72 Å². The number of thiazole rings is 1. The third-order valence-corrected chi connectivity index (χ3v) is 17.5. The van der Waals surface area contributed by atoms with Gasteiger partial charge in [-0.15, -0.1) is 11.3 Å². The molecule has 1 aliphatic heterocycles. The first-order valence-corrected chi connectivity index (χ1v) is 22.0. The number of rotatable bonds is 11. The zero-order chi connectivity index (χ0) is 36.0. The summed E-state index contributed by atoms with van der Waals surface area (Å²) in [4.78, 5) is 18.5. The van der Waals surface area contributed by atoms with Crippen LogP contribution in [0, 0.1) is 0 Å². The van der Waals surface area contributed by atoms with Gasteiger partial charge >= 0.3 is 0 Å². The lowest BCUT2D eigenvalue weighted by molar-refractivity contribution is -0.120. The first kappa shape index (κ1) is 38.4. The molecular formula is C37H54N2O6S2Si. The number of ether oxygens (including phenoxy) is 1. The Morgan fingerprint density at radius 1 is 1.00 bits per heavy atom. The van der Waals surface area contributed by atoms with Crippen molar-refractivity contribution in [2.75, 3.05) is 6.61 Å². The summed E-state index contributed by atoms with van der Waals surface area (Å²) < 4.78 is 42.2. The van der Waals surface area contributed by atoms with Gasteiger partial charge in [0.1, 0.15) is 10.6 Å². The van der Waals surface area contributed by atoms with Gasteiger partial charge < -0.3 is 14.3 Å². The van der Waals surface area contributed by atoms with Gasteiger partial charge in [-0.3, -0.25) is 4.79 Å². The molecule has 3 aromatic rings. The van der Waals surface area contributed by atoms with E-state index in [-0.39, 0.29) is 38.4 Å². The number of amides is 1. The maximum atomic E-state index is 14.0. The van der Waals surface area contributed by atoms with Gasteiger partial charge in [-0.1, -0.05) is 72.7 Å². The van der Waals surface area contributed by atoms with Crippen LogP contribution in [0.25, 0.3) is 11.1 Å². The van der Waals surface area contributed by atoms with Crippen LogP contribution in [0.3, 0.4) is 0 Å². The predicted octanol–water partition coefficient (Wildman–Crippen LogP) is 8.49. The molecule has 0 spiro atoms. The summed E-state index contributed by atoms with van der Waals surface area (Å²) >= 11 is 0.869. The fraction of sp³-hybridized carbons (Fsp3) is 0.568. The first-order valence-electron chi connectivity index (χ1n) is 16.8. The van der Waals surface area contributed by atoms with Crippen molar-refractivity contribution in [3.05, 3.63) is 68.9 Å². The van der Waals surface area contributed by atoms with Gasteiger partial charge in [-0.2, -0.15) is 0 Å². The lowest BCUT2D eigenvalue weighted by Gasteiger charge is -2.36. The highest BCUT2D eigenvalue weighted by atomic mass is 32.2. The SMILES string of the molecule is CC(C)c1cc(-c2ccc3c(c2)COCC3)cc(C(C)C)c1C(C)C(=O)NS(=O)(=O)c1sc(C(C)(C)O)nc1CO[Si](C)(C)C(C)(C)C. The fourth-order valence-corrected chi connectivity index (χ4v) is 9.12. The topological polar surface area (TPSA) is 115 Å². The number of fused-ring (bicyclic) bond motifs is 1. The normalized spacial score (nSPS) is 15.1. The molecule has 0 saturated heterocycles. The third kappa shape index (κ3) is 8.30. The Morgan fingerprint density at radius 3 is 2.15 bits per heavy atom. The van der Waals surface area contributed by atoms with Gasteiger partial charge in [0.15, 0.2) is 12.5 Å². The minimum Gasteiger partial charge on any atom is -0.411 e. The van der Waals surface area contributed by atoms with Crippen LogP contribution in [0.1, 0.15) is 126 Å². The molecule has 1 atom stereocenters. The van der Waals surface area contributed by atoms with Gasteiger partial charge in [-0.25, -0.2) is 18.1 Å². The van der Waals surface area contributed by atoms with E-state index in [0.717, 1.165) is 52.2 Å². The van der Waals surface area contributed by atoms with E-state index < -0.39 is 35.8 Å². The summed E-state index contributed by atoms with van der Waals surface area (Å²) in [7, 11) is -6.60. The summed E-state index contributed by atoms with van der Waals surface area (Å²) in [5.74, 6) is -1.21. The quantitative estimate of drug-likeness (QED) is 0.192. The summed E-state index contributed by atoms with van der Waals surface area (Å²) in [6.07, 6.45) is 0.907. The zero-order valence-corrected chi connectivity index (χ0v) is 33.3. The van der Waals surface area contributed by atoms with E-state index in [1.54, 1.807) is 20.8 Å². The van der Waals surface area contributed by atoms with Crippen LogP contribution in [-0.2, 0) is 49.2 Å². The lowest BCUT2D eigenvalue weighted by atomic mass is 9.80. The maximum absolute atomic E-state index is 14.0. The standard InChI is InChI=1S/C37H54N2O6S2Si/c1-22(2)29-18-27(26-14-13-25-15-16-44-20-28(25)17-26)19-30(23(3)4)32(29)24(5)33(40)39-47(42,43)34-31(38-35(46-34)37(9,10)41)21-45-48(11,12)36(6,7)8/h13-14,17-19,22-24,41H,15-16,20-21H2,1-12H3,(H,39,40). The largest absolute Gasteiger partial charge is 0.411 e. The molecule has 4 rings (SSSR count). The summed E-state index contributed by atoms with van der Waals surface area (Å²) in [5.41, 5.74) is 6.36. The average molecular weight is 715 g/mol. The number of nitrogens with zero attached hydrogens (tertiary/aromatic N) is 1. The number of aromatic nitrogens is 1. The Labute approximate surface area is 292 Å². The number of aliphatic hydroxyl groups is 1. The van der Waals surface area contributed by atoms with E-state index >= 15 is 0 Å². The minimum absolute atomic E-state index is 0.0334. The smallest absolute Gasteiger partial charge is 0.275 e. The summed E-state index contributed by atoms with van der Waals surface area (Å²) in [6.45, 7) is 25.0. The lowest BCUT2D eigenvalue weighted by Crippen LogP contribution is -2.40. The van der Waals surface area contributed by atoms with Crippen molar-refractivity contribution in [3.8, 4) is 11.1 Å². The van der Waals surface area contributed by atoms with Gasteiger partial charge in [0.2, 0.25) is 5.91 Å². The highest BCUT2D eigenvalue weighted by Crippen LogP contribution is 2.40. The molecule has 0 radical (unpaired) electrons. The van der Waals surface area contributed by atoms with Crippen molar-refractivity contribution in [1.29, 1.82) is 0 Å². The van der Waals surface area contributed by atoms with Crippen molar-refractivity contribution >= 4 is 35.6 Å². The van der Waals surface area contributed by atoms with Crippen molar-refractivity contribution in [1.82, 2.24) is 9.71 Å². The monoisotopic (exact) mass is 714 g/mol. The van der Waals surface area contributed by atoms with E-state index in [1.807, 2.05) is 0 Å². The maximum Gasteiger partial charge on any atom is 0.275 e. The molecule has 1 aliphatic rings. The third-order valence-electron chi connectivity index (χ3n) is 9.67. The van der Waals surface area contributed by atoms with Crippen molar-refractivity contribution in [3.63, 3.8) is 0 Å². The molecular weight excluding hydrogens is 661 g/mol. The zero-order valence-electron chi connectivity index (χ0n) is 30.7. The summed E-state index contributed by atoms with van der Waals surface area (Å²) in [5, 5.41) is 10.9. The van der Waals surface area contributed by atoms with Crippen LogP contribution in [0.5, 0.6) is 0 Å². The van der Waals surface area contributed by atoms with E-state index in [4.69, 9.17) is 9.16 Å². The van der Waals surface area contributed by atoms with Crippen molar-refractivity contribution in [2.45, 2.75) is 135 Å². The number of carbonyl (C=O) groups is 1. The molecule has 2 aromatic carbocycles. The van der Waals surface area contributed by atoms with E-state index in [1.165, 1.54) is 11.1 Å². The Kier molecular flexibility index (Phi) is 11.3. The molecule has 1 amide bonds. The van der Waals surface area contributed by atoms with Gasteiger partial charge in [0.05, 0.1) is 31.4 Å². The number of carbonyl (C=O) groups excluding carboxylic acids is 1. The Hall–Kier alpha value is -2.41. The second kappa shape index (κ2) is 14.1. The molecule has 1 aromatic heterocycles. The fourth-order valence-electron chi connectivity index (χ4n) is 5.63. The Balaban J connectivity index is 1.71. The van der Waals surface area contributed by atoms with Crippen LogP contribution in [0.4, 0.5) is 0 Å². The van der Waals surface area contributed by atoms with E-state index in [2.05, 4.69) is 102 Å². The molecule has 48 heavy (non-hydrogen) atoms. The number of hydrogen-bond donors (Lipinski definition) is 2. The van der Waals surface area contributed by atoms with Crippen LogP contribution >= 0.6 is 11.3 Å². The highest BCUT2D eigenvalue weighted by Gasteiger charge is 2.39. The molecule has 264 valence electrons. The van der Waals surface area contributed by atoms with Crippen molar-refractivity contribution in [2.24, 2.45) is 0 Å². The molecule has 2 heterocycles. The van der Waals surface area contributed by atoms with Crippen LogP contribution in [0.2, 0.25) is 18.1 Å². The number of hydrogen-bond acceptors (Lipinski definition) is 8. The molecule has 0 bridgehead atoms. The molecule has 0 saturated carbocycles. The van der Waals surface area contributed by atoms with Crippen LogP contribution in [0.15, 0.2) is 34.5 Å². The molecule has 0 fully saturated rings.